The molecule has 44 valence electrons. The molecule has 1 heterocycles. The number of carbonyl (C=O) groups is 1. The molecule has 4 nitrogen and oxygen atoms in total. The van der Waals surface area contributed by atoms with Gasteiger partial charge in [-0.1, -0.05) is 0 Å². The van der Waals surface area contributed by atoms with Crippen molar-refractivity contribution >= 4 is 12.6 Å². The number of nitrogens with zero attached hydrogens (tertiary/aromatic N) is 2. The fourth-order valence-electron chi connectivity index (χ4n) is 0.553. The molecular weight excluding hydrogens is 106 g/mol. The van der Waals surface area contributed by atoms with Crippen LogP contribution in [0.3, 0.4) is 0 Å². The second kappa shape index (κ2) is 2.30. The molecule has 0 spiro atoms. The van der Waals surface area contributed by atoms with E-state index in [0.717, 1.165) is 13.0 Å². The minimum Gasteiger partial charge on any atom is -0.277 e. The van der Waals surface area contributed by atoms with E-state index in [1.165, 1.54) is 5.12 Å². The predicted molar refractivity (Wildman–Crippen MR) is 29.0 cm³/mol. The molecule has 0 saturated heterocycles. The Morgan fingerprint density at radius 1 is 1.88 bits per heavy atom. The van der Waals surface area contributed by atoms with Crippen molar-refractivity contribution in [2.24, 2.45) is 5.10 Å². The highest BCUT2D eigenvalue weighted by Gasteiger charge is 2.00. The van der Waals surface area contributed by atoms with Gasteiger partial charge in [-0.25, -0.2) is 5.12 Å². The Hall–Kier alpha value is -1.06. The van der Waals surface area contributed by atoms with Crippen molar-refractivity contribution < 1.29 is 4.79 Å². The molecule has 0 saturated carbocycles. The molecule has 1 aliphatic rings. The van der Waals surface area contributed by atoms with E-state index in [9.17, 15) is 4.79 Å². The van der Waals surface area contributed by atoms with Gasteiger partial charge in [-0.05, 0) is 0 Å². The lowest BCUT2D eigenvalue weighted by Crippen LogP contribution is -2.29. The largest absolute Gasteiger partial charge is 0.277 e. The second-order valence-electron chi connectivity index (χ2n) is 1.46. The Balaban J connectivity index is 2.25. The van der Waals surface area contributed by atoms with Gasteiger partial charge in [-0.3, -0.25) is 10.2 Å². The highest BCUT2D eigenvalue weighted by Crippen LogP contribution is 1.91. The topological polar surface area (TPSA) is 44.7 Å². The number of rotatable bonds is 2. The summed E-state index contributed by atoms with van der Waals surface area (Å²) in [5.74, 6) is 0. The van der Waals surface area contributed by atoms with Crippen LogP contribution in [0.1, 0.15) is 6.42 Å². The van der Waals surface area contributed by atoms with Gasteiger partial charge in [0.2, 0.25) is 6.41 Å². The van der Waals surface area contributed by atoms with Crippen LogP contribution < -0.4 is 5.43 Å². The standard InChI is InChI=1S/C4H7N3O/c8-4-6-7-3-1-2-5-7/h2,4H,1,3H2,(H,6,8). The van der Waals surface area contributed by atoms with Gasteiger partial charge < -0.3 is 0 Å². The molecule has 1 N–H and O–H groups in total. The van der Waals surface area contributed by atoms with Crippen LogP contribution in [0, 0.1) is 0 Å². The maximum Gasteiger partial charge on any atom is 0.226 e. The molecule has 0 bridgehead atoms. The molecule has 0 aromatic rings. The van der Waals surface area contributed by atoms with Crippen LogP contribution in [-0.4, -0.2) is 24.3 Å². The fourth-order valence-corrected chi connectivity index (χ4v) is 0.553. The number of hydrazine groups is 1. The highest BCUT2D eigenvalue weighted by molar-refractivity contribution is 5.59. The van der Waals surface area contributed by atoms with Gasteiger partial charge in [0.25, 0.3) is 0 Å². The van der Waals surface area contributed by atoms with Gasteiger partial charge in [0.1, 0.15) is 0 Å². The van der Waals surface area contributed by atoms with E-state index in [0.29, 0.717) is 6.41 Å². The van der Waals surface area contributed by atoms with E-state index in [2.05, 4.69) is 10.5 Å². The molecule has 8 heavy (non-hydrogen) atoms. The van der Waals surface area contributed by atoms with E-state index < -0.39 is 0 Å². The molecule has 0 unspecified atom stereocenters. The average Bonchev–Trinajstić information content (AvgIpc) is 2.19. The third-order valence-corrected chi connectivity index (χ3v) is 0.893. The first-order valence-corrected chi connectivity index (χ1v) is 2.43. The van der Waals surface area contributed by atoms with E-state index in [1.54, 1.807) is 6.21 Å². The molecule has 0 aliphatic carbocycles. The van der Waals surface area contributed by atoms with Crippen molar-refractivity contribution in [2.75, 3.05) is 6.54 Å². The maximum atomic E-state index is 9.73. The minimum atomic E-state index is 0.614. The lowest BCUT2D eigenvalue weighted by atomic mass is 10.5. The van der Waals surface area contributed by atoms with Crippen LogP contribution >= 0.6 is 0 Å². The lowest BCUT2D eigenvalue weighted by Gasteiger charge is -2.08. The summed E-state index contributed by atoms with van der Waals surface area (Å²) in [4.78, 5) is 9.73. The molecular formula is C4H7N3O. The summed E-state index contributed by atoms with van der Waals surface area (Å²) in [5.41, 5.74) is 2.40. The summed E-state index contributed by atoms with van der Waals surface area (Å²) in [6.07, 6.45) is 3.29. The van der Waals surface area contributed by atoms with Gasteiger partial charge in [-0.2, -0.15) is 5.10 Å². The molecule has 0 aromatic carbocycles. The smallest absolute Gasteiger partial charge is 0.226 e. The normalized spacial score (nSPS) is 16.8. The molecule has 4 heteroatoms. The summed E-state index contributed by atoms with van der Waals surface area (Å²) in [5, 5.41) is 5.28. The number of amides is 1. The first kappa shape index (κ1) is 5.08. The van der Waals surface area contributed by atoms with E-state index in [1.807, 2.05) is 0 Å². The van der Waals surface area contributed by atoms with Crippen molar-refractivity contribution in [2.45, 2.75) is 6.42 Å². The third kappa shape index (κ3) is 0.959. The second-order valence-corrected chi connectivity index (χ2v) is 1.46. The summed E-state index contributed by atoms with van der Waals surface area (Å²) in [7, 11) is 0. The Labute approximate surface area is 47.1 Å². The van der Waals surface area contributed by atoms with Crippen LogP contribution in [-0.2, 0) is 4.79 Å². The van der Waals surface area contributed by atoms with Crippen molar-refractivity contribution in [1.29, 1.82) is 0 Å². The number of hydrogen-bond acceptors (Lipinski definition) is 3. The van der Waals surface area contributed by atoms with Crippen molar-refractivity contribution in [3.63, 3.8) is 0 Å². The van der Waals surface area contributed by atoms with E-state index in [4.69, 9.17) is 0 Å². The molecule has 1 aliphatic heterocycles. The zero-order chi connectivity index (χ0) is 5.82. The zero-order valence-electron chi connectivity index (χ0n) is 4.37. The van der Waals surface area contributed by atoms with Crippen LogP contribution in [0.2, 0.25) is 0 Å². The Morgan fingerprint density at radius 3 is 3.25 bits per heavy atom. The number of hydrazone groups is 1. The van der Waals surface area contributed by atoms with Crippen molar-refractivity contribution in [1.82, 2.24) is 10.5 Å². The third-order valence-electron chi connectivity index (χ3n) is 0.893. The lowest BCUT2D eigenvalue weighted by molar-refractivity contribution is -0.113. The Bertz CT molecular complexity index is 112. The van der Waals surface area contributed by atoms with Gasteiger partial charge in [0.05, 0.1) is 6.54 Å². The predicted octanol–water partition coefficient (Wildman–Crippen LogP) is -0.661. The molecule has 0 atom stereocenters. The summed E-state index contributed by atoms with van der Waals surface area (Å²) in [6, 6.07) is 0. The molecule has 1 amide bonds. The summed E-state index contributed by atoms with van der Waals surface area (Å²) in [6.45, 7) is 0.790. The van der Waals surface area contributed by atoms with Gasteiger partial charge in [0.15, 0.2) is 0 Å². The van der Waals surface area contributed by atoms with E-state index in [-0.39, 0.29) is 0 Å². The van der Waals surface area contributed by atoms with Crippen molar-refractivity contribution in [3.05, 3.63) is 0 Å². The summed E-state index contributed by atoms with van der Waals surface area (Å²) < 4.78 is 0. The average molecular weight is 113 g/mol. The fraction of sp³-hybridized carbons (Fsp3) is 0.500. The van der Waals surface area contributed by atoms with Crippen LogP contribution in [0.15, 0.2) is 5.10 Å². The molecule has 0 aromatic heterocycles. The van der Waals surface area contributed by atoms with E-state index >= 15 is 0 Å². The van der Waals surface area contributed by atoms with Crippen molar-refractivity contribution in [3.8, 4) is 0 Å². The quantitative estimate of drug-likeness (QED) is 0.483. The number of nitrogens with one attached hydrogen (secondary N) is 1. The van der Waals surface area contributed by atoms with Crippen LogP contribution in [0.25, 0.3) is 0 Å². The Kier molecular flexibility index (Phi) is 1.46. The first-order chi connectivity index (χ1) is 3.93. The number of hydrogen-bond donors (Lipinski definition) is 1. The first-order valence-electron chi connectivity index (χ1n) is 2.43. The SMILES string of the molecule is O=CNN1CCC=N1. The Morgan fingerprint density at radius 2 is 2.75 bits per heavy atom. The highest BCUT2D eigenvalue weighted by atomic mass is 16.1. The molecule has 0 radical (unpaired) electrons. The zero-order valence-corrected chi connectivity index (χ0v) is 4.37. The van der Waals surface area contributed by atoms with Gasteiger partial charge in [-0.15, -0.1) is 0 Å². The van der Waals surface area contributed by atoms with Gasteiger partial charge >= 0.3 is 0 Å². The monoisotopic (exact) mass is 113 g/mol. The van der Waals surface area contributed by atoms with Crippen LogP contribution in [0.4, 0.5) is 0 Å². The summed E-state index contributed by atoms with van der Waals surface area (Å²) >= 11 is 0. The molecule has 1 rings (SSSR count). The van der Waals surface area contributed by atoms with Gasteiger partial charge in [0, 0.05) is 12.6 Å². The number of carbonyl (C=O) groups excluding carboxylic acids is 1. The minimum absolute atomic E-state index is 0.614. The van der Waals surface area contributed by atoms with Crippen LogP contribution in [0.5, 0.6) is 0 Å². The maximum absolute atomic E-state index is 9.73. The molecule has 0 fully saturated rings.